The molecular weight excluding hydrogens is 236 g/mol. The van der Waals surface area contributed by atoms with Crippen LogP contribution in [0.2, 0.25) is 0 Å². The predicted octanol–water partition coefficient (Wildman–Crippen LogP) is 2.89. The third-order valence-electron chi connectivity index (χ3n) is 3.32. The highest BCUT2D eigenvalue weighted by Crippen LogP contribution is 2.26. The SMILES string of the molecule is Cc1nc(-c2ccnc3ccccc23)nc(N)c1C. The van der Waals surface area contributed by atoms with Gasteiger partial charge in [0.1, 0.15) is 5.82 Å². The second-order valence-electron chi connectivity index (χ2n) is 4.52. The normalized spacial score (nSPS) is 10.8. The largest absolute Gasteiger partial charge is 0.383 e. The second kappa shape index (κ2) is 4.31. The van der Waals surface area contributed by atoms with E-state index in [1.165, 1.54) is 0 Å². The zero-order chi connectivity index (χ0) is 13.4. The molecule has 0 amide bonds. The maximum absolute atomic E-state index is 5.94. The lowest BCUT2D eigenvalue weighted by Gasteiger charge is -2.08. The highest BCUT2D eigenvalue weighted by Gasteiger charge is 2.10. The molecule has 1 aromatic carbocycles. The zero-order valence-electron chi connectivity index (χ0n) is 10.9. The summed E-state index contributed by atoms with van der Waals surface area (Å²) in [4.78, 5) is 13.3. The minimum atomic E-state index is 0.531. The van der Waals surface area contributed by atoms with E-state index in [0.29, 0.717) is 11.6 Å². The Balaban J connectivity index is 2.31. The summed E-state index contributed by atoms with van der Waals surface area (Å²) in [6.45, 7) is 3.87. The van der Waals surface area contributed by atoms with Gasteiger partial charge in [0.15, 0.2) is 5.82 Å². The zero-order valence-corrected chi connectivity index (χ0v) is 10.9. The molecule has 0 fully saturated rings. The Morgan fingerprint density at radius 1 is 1.00 bits per heavy atom. The number of benzene rings is 1. The van der Waals surface area contributed by atoms with Crippen molar-refractivity contribution in [3.8, 4) is 11.4 Å². The van der Waals surface area contributed by atoms with E-state index in [1.807, 2.05) is 44.2 Å². The van der Waals surface area contributed by atoms with Gasteiger partial charge in [-0.2, -0.15) is 0 Å². The minimum absolute atomic E-state index is 0.531. The summed E-state index contributed by atoms with van der Waals surface area (Å²) in [7, 11) is 0. The molecule has 0 aliphatic heterocycles. The summed E-state index contributed by atoms with van der Waals surface area (Å²) in [5.41, 5.74) is 9.66. The second-order valence-corrected chi connectivity index (χ2v) is 4.52. The molecule has 4 heteroatoms. The fourth-order valence-corrected chi connectivity index (χ4v) is 2.06. The summed E-state index contributed by atoms with van der Waals surface area (Å²) in [5.74, 6) is 1.18. The molecule has 0 aliphatic rings. The Bertz CT molecular complexity index is 737. The first-order valence-electron chi connectivity index (χ1n) is 6.11. The molecule has 0 aliphatic carbocycles. The smallest absolute Gasteiger partial charge is 0.162 e. The molecule has 0 saturated carbocycles. The van der Waals surface area contributed by atoms with E-state index < -0.39 is 0 Å². The predicted molar refractivity (Wildman–Crippen MR) is 76.7 cm³/mol. The lowest BCUT2D eigenvalue weighted by atomic mass is 10.1. The Hall–Kier alpha value is -2.49. The van der Waals surface area contributed by atoms with Crippen molar-refractivity contribution in [2.75, 3.05) is 5.73 Å². The van der Waals surface area contributed by atoms with Crippen LogP contribution in [-0.4, -0.2) is 15.0 Å². The maximum Gasteiger partial charge on any atom is 0.162 e. The van der Waals surface area contributed by atoms with E-state index in [2.05, 4.69) is 15.0 Å². The van der Waals surface area contributed by atoms with Gasteiger partial charge in [0.25, 0.3) is 0 Å². The fraction of sp³-hybridized carbons (Fsp3) is 0.133. The average molecular weight is 250 g/mol. The molecule has 0 unspecified atom stereocenters. The number of rotatable bonds is 1. The van der Waals surface area contributed by atoms with Crippen molar-refractivity contribution in [2.24, 2.45) is 0 Å². The molecule has 3 aromatic rings. The number of para-hydroxylation sites is 1. The van der Waals surface area contributed by atoms with Crippen LogP contribution in [0.15, 0.2) is 36.5 Å². The number of nitrogens with two attached hydrogens (primary N) is 1. The van der Waals surface area contributed by atoms with Crippen molar-refractivity contribution in [1.82, 2.24) is 15.0 Å². The quantitative estimate of drug-likeness (QED) is 0.721. The molecule has 2 N–H and O–H groups in total. The van der Waals surface area contributed by atoms with Gasteiger partial charge in [-0.3, -0.25) is 4.98 Å². The first kappa shape index (κ1) is 11.6. The lowest BCUT2D eigenvalue weighted by molar-refractivity contribution is 1.08. The molecular formula is C15H14N4. The number of fused-ring (bicyclic) bond motifs is 1. The number of nitrogen functional groups attached to an aromatic ring is 1. The van der Waals surface area contributed by atoms with Gasteiger partial charge >= 0.3 is 0 Å². The van der Waals surface area contributed by atoms with Crippen molar-refractivity contribution >= 4 is 16.7 Å². The molecule has 94 valence electrons. The Morgan fingerprint density at radius 3 is 2.58 bits per heavy atom. The van der Waals surface area contributed by atoms with Crippen LogP contribution >= 0.6 is 0 Å². The van der Waals surface area contributed by atoms with E-state index in [0.717, 1.165) is 27.7 Å². The van der Waals surface area contributed by atoms with Gasteiger partial charge in [-0.15, -0.1) is 0 Å². The van der Waals surface area contributed by atoms with E-state index >= 15 is 0 Å². The van der Waals surface area contributed by atoms with Gasteiger partial charge in [0, 0.05) is 28.4 Å². The van der Waals surface area contributed by atoms with Crippen LogP contribution in [0.3, 0.4) is 0 Å². The number of aryl methyl sites for hydroxylation is 1. The number of aromatic nitrogens is 3. The molecule has 0 spiro atoms. The fourth-order valence-electron chi connectivity index (χ4n) is 2.06. The lowest BCUT2D eigenvalue weighted by Crippen LogP contribution is -2.02. The van der Waals surface area contributed by atoms with Gasteiger partial charge < -0.3 is 5.73 Å². The molecule has 0 bridgehead atoms. The van der Waals surface area contributed by atoms with Crippen LogP contribution < -0.4 is 5.73 Å². The van der Waals surface area contributed by atoms with Crippen LogP contribution in [-0.2, 0) is 0 Å². The third kappa shape index (κ3) is 1.91. The molecule has 0 atom stereocenters. The van der Waals surface area contributed by atoms with Crippen LogP contribution in [0.5, 0.6) is 0 Å². The third-order valence-corrected chi connectivity index (χ3v) is 3.32. The van der Waals surface area contributed by atoms with Crippen molar-refractivity contribution in [3.63, 3.8) is 0 Å². The first-order chi connectivity index (χ1) is 9.16. The molecule has 2 aromatic heterocycles. The number of nitrogens with zero attached hydrogens (tertiary/aromatic N) is 3. The molecule has 3 rings (SSSR count). The Kier molecular flexibility index (Phi) is 2.63. The molecule has 2 heterocycles. The number of anilines is 1. The van der Waals surface area contributed by atoms with E-state index in [9.17, 15) is 0 Å². The topological polar surface area (TPSA) is 64.7 Å². The van der Waals surface area contributed by atoms with Crippen molar-refractivity contribution < 1.29 is 0 Å². The summed E-state index contributed by atoms with van der Waals surface area (Å²) in [6.07, 6.45) is 1.77. The van der Waals surface area contributed by atoms with Crippen molar-refractivity contribution in [1.29, 1.82) is 0 Å². The van der Waals surface area contributed by atoms with Crippen molar-refractivity contribution in [3.05, 3.63) is 47.8 Å². The highest BCUT2D eigenvalue weighted by molar-refractivity contribution is 5.92. The first-order valence-corrected chi connectivity index (χ1v) is 6.11. The monoisotopic (exact) mass is 250 g/mol. The van der Waals surface area contributed by atoms with E-state index in [-0.39, 0.29) is 0 Å². The molecule has 0 saturated heterocycles. The van der Waals surface area contributed by atoms with Crippen molar-refractivity contribution in [2.45, 2.75) is 13.8 Å². The van der Waals surface area contributed by atoms with E-state index in [1.54, 1.807) is 6.20 Å². The minimum Gasteiger partial charge on any atom is -0.383 e. The maximum atomic E-state index is 5.94. The summed E-state index contributed by atoms with van der Waals surface area (Å²) >= 11 is 0. The summed E-state index contributed by atoms with van der Waals surface area (Å²) in [6, 6.07) is 9.87. The van der Waals surface area contributed by atoms with Crippen LogP contribution in [0.1, 0.15) is 11.3 Å². The Labute approximate surface area is 111 Å². The summed E-state index contributed by atoms with van der Waals surface area (Å²) in [5, 5.41) is 1.03. The van der Waals surface area contributed by atoms with Gasteiger partial charge in [0.05, 0.1) is 5.52 Å². The van der Waals surface area contributed by atoms with Gasteiger partial charge in [0.2, 0.25) is 0 Å². The molecule has 19 heavy (non-hydrogen) atoms. The van der Waals surface area contributed by atoms with E-state index in [4.69, 9.17) is 5.73 Å². The van der Waals surface area contributed by atoms with Gasteiger partial charge in [-0.25, -0.2) is 9.97 Å². The highest BCUT2D eigenvalue weighted by atomic mass is 15.0. The van der Waals surface area contributed by atoms with Crippen LogP contribution in [0, 0.1) is 13.8 Å². The number of hydrogen-bond donors (Lipinski definition) is 1. The molecule has 0 radical (unpaired) electrons. The average Bonchev–Trinajstić information content (AvgIpc) is 2.43. The Morgan fingerprint density at radius 2 is 1.79 bits per heavy atom. The van der Waals surface area contributed by atoms with Crippen LogP contribution in [0.4, 0.5) is 5.82 Å². The van der Waals surface area contributed by atoms with Gasteiger partial charge in [-0.05, 0) is 26.0 Å². The standard InChI is InChI=1S/C15H14N4/c1-9-10(2)18-15(19-14(9)16)12-7-8-17-13-6-4-3-5-11(12)13/h3-8H,1-2H3,(H2,16,18,19). The molecule has 4 nitrogen and oxygen atoms in total. The van der Waals surface area contributed by atoms with Gasteiger partial charge in [-0.1, -0.05) is 18.2 Å². The van der Waals surface area contributed by atoms with Crippen LogP contribution in [0.25, 0.3) is 22.3 Å². The number of pyridine rings is 1. The summed E-state index contributed by atoms with van der Waals surface area (Å²) < 4.78 is 0. The number of hydrogen-bond acceptors (Lipinski definition) is 4.